The Morgan fingerprint density at radius 1 is 0.657 bits per heavy atom. The summed E-state index contributed by atoms with van der Waals surface area (Å²) in [6.45, 7) is 0. The van der Waals surface area contributed by atoms with E-state index in [9.17, 15) is 29.1 Å². The first-order valence-corrected chi connectivity index (χ1v) is 10.9. The maximum Gasteiger partial charge on any atom is 0.336 e. The Hall–Kier alpha value is -4.64. The van der Waals surface area contributed by atoms with Crippen molar-refractivity contribution in [3.05, 3.63) is 89.0 Å². The fourth-order valence-corrected chi connectivity index (χ4v) is 3.71. The average Bonchev–Trinajstić information content (AvgIpc) is 2.82. The Balaban J connectivity index is 1.63. The van der Waals surface area contributed by atoms with Crippen LogP contribution in [-0.2, 0) is 4.79 Å². The van der Waals surface area contributed by atoms with Gasteiger partial charge in [0.2, 0.25) is 5.91 Å². The van der Waals surface area contributed by atoms with Crippen LogP contribution in [0.3, 0.4) is 0 Å². The summed E-state index contributed by atoms with van der Waals surface area (Å²) in [6.07, 6.45) is 0. The zero-order valence-corrected chi connectivity index (χ0v) is 18.7. The molecule has 0 aliphatic carbocycles. The Kier molecular flexibility index (Phi) is 7.85. The molecule has 35 heavy (non-hydrogen) atoms. The van der Waals surface area contributed by atoms with Gasteiger partial charge in [0.15, 0.2) is 0 Å². The highest BCUT2D eigenvalue weighted by atomic mass is 32.2. The topological polar surface area (TPSA) is 170 Å². The largest absolute Gasteiger partial charge is 0.478 e. The van der Waals surface area contributed by atoms with Gasteiger partial charge in [0.25, 0.3) is 5.91 Å². The molecule has 0 bridgehead atoms. The van der Waals surface area contributed by atoms with Crippen LogP contribution >= 0.6 is 11.8 Å². The molecule has 0 saturated heterocycles. The van der Waals surface area contributed by atoms with Crippen LogP contribution in [0.15, 0.2) is 71.6 Å². The predicted octanol–water partition coefficient (Wildman–Crippen LogP) is 3.76. The molecule has 0 saturated carbocycles. The Morgan fingerprint density at radius 2 is 1.31 bits per heavy atom. The van der Waals surface area contributed by atoms with Gasteiger partial charge in [-0.3, -0.25) is 9.59 Å². The van der Waals surface area contributed by atoms with E-state index in [1.54, 1.807) is 24.3 Å². The first-order valence-electron chi connectivity index (χ1n) is 9.92. The number of hydrogen-bond donors (Lipinski definition) is 5. The smallest absolute Gasteiger partial charge is 0.336 e. The molecule has 10 nitrogen and oxygen atoms in total. The summed E-state index contributed by atoms with van der Waals surface area (Å²) < 4.78 is 0. The number of carbonyl (C=O) groups is 5. The molecule has 0 fully saturated rings. The van der Waals surface area contributed by atoms with Crippen molar-refractivity contribution in [1.82, 2.24) is 0 Å². The predicted molar refractivity (Wildman–Crippen MR) is 128 cm³/mol. The van der Waals surface area contributed by atoms with E-state index in [4.69, 9.17) is 10.2 Å². The number of hydrogen-bond acceptors (Lipinski definition) is 6. The van der Waals surface area contributed by atoms with Crippen molar-refractivity contribution < 1.29 is 39.3 Å². The summed E-state index contributed by atoms with van der Waals surface area (Å²) in [5.41, 5.74) is 0.000847. The SMILES string of the molecule is O=C(CSc1cccc(NC(=O)c2ccc(C(=O)O)cc2C(=O)O)c1)Nc1ccc(C(=O)O)cc1. The van der Waals surface area contributed by atoms with E-state index in [1.807, 2.05) is 0 Å². The van der Waals surface area contributed by atoms with E-state index in [1.165, 1.54) is 36.0 Å². The maximum atomic E-state index is 12.6. The second kappa shape index (κ2) is 11.0. The summed E-state index contributed by atoms with van der Waals surface area (Å²) in [5, 5.41) is 32.5. The van der Waals surface area contributed by atoms with Crippen LogP contribution in [-0.4, -0.2) is 50.8 Å². The lowest BCUT2D eigenvalue weighted by molar-refractivity contribution is -0.113. The van der Waals surface area contributed by atoms with Crippen LogP contribution in [0.2, 0.25) is 0 Å². The number of carboxylic acid groups (broad SMARTS) is 3. The molecular formula is C24H18N2O8S. The highest BCUT2D eigenvalue weighted by Crippen LogP contribution is 2.23. The summed E-state index contributed by atoms with van der Waals surface area (Å²) in [4.78, 5) is 59.0. The van der Waals surface area contributed by atoms with Crippen LogP contribution in [0.25, 0.3) is 0 Å². The zero-order valence-electron chi connectivity index (χ0n) is 17.8. The van der Waals surface area contributed by atoms with Gasteiger partial charge in [-0.1, -0.05) is 6.07 Å². The molecule has 0 radical (unpaired) electrons. The van der Waals surface area contributed by atoms with Gasteiger partial charge < -0.3 is 26.0 Å². The van der Waals surface area contributed by atoms with Crippen molar-refractivity contribution in [2.45, 2.75) is 4.90 Å². The summed E-state index contributed by atoms with van der Waals surface area (Å²) in [6, 6.07) is 15.5. The number of thioether (sulfide) groups is 1. The molecule has 0 aromatic heterocycles. The van der Waals surface area contributed by atoms with Gasteiger partial charge in [-0.25, -0.2) is 14.4 Å². The molecule has 0 aliphatic heterocycles. The van der Waals surface area contributed by atoms with Crippen molar-refractivity contribution in [2.24, 2.45) is 0 Å². The van der Waals surface area contributed by atoms with Gasteiger partial charge >= 0.3 is 17.9 Å². The van der Waals surface area contributed by atoms with Crippen LogP contribution in [0.5, 0.6) is 0 Å². The highest BCUT2D eigenvalue weighted by molar-refractivity contribution is 8.00. The number of anilines is 2. The van der Waals surface area contributed by atoms with Gasteiger partial charge in [-0.05, 0) is 60.7 Å². The maximum absolute atomic E-state index is 12.6. The number of carbonyl (C=O) groups excluding carboxylic acids is 2. The second-order valence-corrected chi connectivity index (χ2v) is 8.12. The van der Waals surface area contributed by atoms with Gasteiger partial charge in [0.1, 0.15) is 0 Å². The zero-order chi connectivity index (χ0) is 25.5. The molecule has 3 aromatic rings. The fourth-order valence-electron chi connectivity index (χ4n) is 2.96. The van der Waals surface area contributed by atoms with Gasteiger partial charge in [0.05, 0.1) is 28.0 Å². The van der Waals surface area contributed by atoms with Crippen molar-refractivity contribution in [1.29, 1.82) is 0 Å². The molecule has 0 heterocycles. The number of rotatable bonds is 9. The number of carboxylic acids is 3. The van der Waals surface area contributed by atoms with Crippen molar-refractivity contribution >= 4 is 52.9 Å². The summed E-state index contributed by atoms with van der Waals surface area (Å²) in [5.74, 6) is -4.84. The number of benzene rings is 3. The van der Waals surface area contributed by atoms with Crippen molar-refractivity contribution in [2.75, 3.05) is 16.4 Å². The van der Waals surface area contributed by atoms with E-state index < -0.39 is 29.4 Å². The van der Waals surface area contributed by atoms with Crippen LogP contribution < -0.4 is 10.6 Å². The van der Waals surface area contributed by atoms with Crippen LogP contribution in [0.1, 0.15) is 41.4 Å². The second-order valence-electron chi connectivity index (χ2n) is 7.07. The molecule has 3 aromatic carbocycles. The monoisotopic (exact) mass is 494 g/mol. The standard InChI is InChI=1S/C24H18N2O8S/c27-20(25-15-7-4-13(5-8-15)22(29)30)12-35-17-3-1-2-16(11-17)26-21(28)18-9-6-14(23(31)32)10-19(18)24(33)34/h1-11H,12H2,(H,25,27)(H,26,28)(H,29,30)(H,31,32)(H,33,34). The van der Waals surface area contributed by atoms with Crippen LogP contribution in [0, 0.1) is 0 Å². The molecule has 0 atom stereocenters. The molecule has 178 valence electrons. The summed E-state index contributed by atoms with van der Waals surface area (Å²) >= 11 is 1.19. The highest BCUT2D eigenvalue weighted by Gasteiger charge is 2.19. The van der Waals surface area contributed by atoms with Gasteiger partial charge in [-0.2, -0.15) is 0 Å². The molecule has 2 amide bonds. The van der Waals surface area contributed by atoms with E-state index in [0.717, 1.165) is 18.2 Å². The fraction of sp³-hybridized carbons (Fsp3) is 0.0417. The molecule has 5 N–H and O–H groups in total. The molecule has 0 aliphatic rings. The van der Waals surface area contributed by atoms with E-state index in [0.29, 0.717) is 16.3 Å². The van der Waals surface area contributed by atoms with Crippen LogP contribution in [0.4, 0.5) is 11.4 Å². The minimum absolute atomic E-state index is 0.0396. The quantitative estimate of drug-likeness (QED) is 0.278. The van der Waals surface area contributed by atoms with Crippen molar-refractivity contribution in [3.8, 4) is 0 Å². The van der Waals surface area contributed by atoms with E-state index in [2.05, 4.69) is 10.6 Å². The third-order valence-corrected chi connectivity index (χ3v) is 5.61. The average molecular weight is 494 g/mol. The lowest BCUT2D eigenvalue weighted by atomic mass is 10.0. The lowest BCUT2D eigenvalue weighted by Gasteiger charge is -2.10. The Morgan fingerprint density at radius 3 is 1.94 bits per heavy atom. The minimum Gasteiger partial charge on any atom is -0.478 e. The number of aromatic carboxylic acids is 3. The molecular weight excluding hydrogens is 476 g/mol. The first kappa shape index (κ1) is 25.0. The van der Waals surface area contributed by atoms with Crippen molar-refractivity contribution in [3.63, 3.8) is 0 Å². The number of amides is 2. The van der Waals surface area contributed by atoms with Gasteiger partial charge in [-0.15, -0.1) is 11.8 Å². The molecule has 0 unspecified atom stereocenters. The van der Waals surface area contributed by atoms with Gasteiger partial charge in [0, 0.05) is 16.3 Å². The van der Waals surface area contributed by atoms with E-state index >= 15 is 0 Å². The Bertz CT molecular complexity index is 1320. The molecule has 3 rings (SSSR count). The summed E-state index contributed by atoms with van der Waals surface area (Å²) in [7, 11) is 0. The Labute approximate surface area is 202 Å². The normalized spacial score (nSPS) is 10.3. The minimum atomic E-state index is -1.44. The third kappa shape index (κ3) is 6.68. The van der Waals surface area contributed by atoms with E-state index in [-0.39, 0.29) is 28.4 Å². The third-order valence-electron chi connectivity index (χ3n) is 4.62. The lowest BCUT2D eigenvalue weighted by Crippen LogP contribution is -2.17. The molecule has 0 spiro atoms. The number of nitrogens with one attached hydrogen (secondary N) is 2. The molecule has 11 heteroatoms. The first-order chi connectivity index (χ1) is 16.6.